The van der Waals surface area contributed by atoms with Crippen molar-refractivity contribution in [3.63, 3.8) is 0 Å². The minimum atomic E-state index is -0.0983. The van der Waals surface area contributed by atoms with Gasteiger partial charge in [-0.1, -0.05) is 139 Å². The van der Waals surface area contributed by atoms with Crippen molar-refractivity contribution in [3.05, 3.63) is 143 Å². The Kier molecular flexibility index (Phi) is 6.77. The molecule has 6 aromatic carbocycles. The van der Waals surface area contributed by atoms with Gasteiger partial charge < -0.3 is 9.13 Å². The Morgan fingerprint density at radius 1 is 0.305 bits per heavy atom. The number of hydrogen-bond donors (Lipinski definition) is 0. The molecule has 11 rings (SSSR count). The lowest BCUT2D eigenvalue weighted by molar-refractivity contribution is 0.125. The molecule has 0 atom stereocenters. The number of rotatable bonds is 2. The zero-order valence-corrected chi connectivity index (χ0v) is 37.8. The molecule has 0 saturated carbocycles. The van der Waals surface area contributed by atoms with Crippen molar-refractivity contribution >= 4 is 43.6 Å². The van der Waals surface area contributed by atoms with E-state index in [0.717, 1.165) is 0 Å². The molecule has 0 fully saturated rings. The van der Waals surface area contributed by atoms with Gasteiger partial charge in [0, 0.05) is 38.3 Å². The molecular weight excluding hydrogens is 713 g/mol. The van der Waals surface area contributed by atoms with E-state index < -0.39 is 0 Å². The van der Waals surface area contributed by atoms with E-state index in [-0.39, 0.29) is 37.9 Å². The molecule has 3 aliphatic carbocycles. The highest BCUT2D eigenvalue weighted by atomic mass is 15.0. The Morgan fingerprint density at radius 2 is 0.729 bits per heavy atom. The van der Waals surface area contributed by atoms with Crippen molar-refractivity contribution in [3.8, 4) is 22.5 Å². The fourth-order valence-corrected chi connectivity index (χ4v) is 12.6. The Bertz CT molecular complexity index is 3170. The highest BCUT2D eigenvalue weighted by Crippen LogP contribution is 2.64. The molecular formula is C57H60N2. The summed E-state index contributed by atoms with van der Waals surface area (Å²) in [5, 5.41) is 5.31. The minimum Gasteiger partial charge on any atom is -0.309 e. The van der Waals surface area contributed by atoms with Gasteiger partial charge in [-0.3, -0.25) is 0 Å². The number of benzene rings is 6. The molecule has 0 spiro atoms. The predicted molar refractivity (Wildman–Crippen MR) is 252 cm³/mol. The SMILES string of the molecule is CC1(C)c2ccccc2-c2cc3c4cc5c(cc4n(-c4ccc6c(c4)c4cc7c(cc4n6-c4ccccc4)C(C)(C)C(C)(C)C7(C)C)c3cc21)C(C)(C)C(C)(C)C5(C)C. The van der Waals surface area contributed by atoms with Crippen molar-refractivity contribution in [1.29, 1.82) is 0 Å². The van der Waals surface area contributed by atoms with E-state index in [1.165, 1.54) is 99.5 Å². The van der Waals surface area contributed by atoms with Gasteiger partial charge in [-0.15, -0.1) is 0 Å². The Balaban J connectivity index is 1.27. The average molecular weight is 773 g/mol. The minimum absolute atomic E-state index is 0.00509. The van der Waals surface area contributed by atoms with Gasteiger partial charge in [0.2, 0.25) is 0 Å². The van der Waals surface area contributed by atoms with Crippen LogP contribution in [0.1, 0.15) is 130 Å². The first-order valence-electron chi connectivity index (χ1n) is 22.0. The highest BCUT2D eigenvalue weighted by Gasteiger charge is 2.58. The quantitative estimate of drug-likeness (QED) is 0.166. The third-order valence-electron chi connectivity index (χ3n) is 18.7. The summed E-state index contributed by atoms with van der Waals surface area (Å²) in [6.45, 7) is 34.4. The molecule has 2 heteroatoms. The maximum absolute atomic E-state index is 2.62. The zero-order chi connectivity index (χ0) is 41.8. The third kappa shape index (κ3) is 4.10. The van der Waals surface area contributed by atoms with E-state index in [1.807, 2.05) is 0 Å². The van der Waals surface area contributed by atoms with E-state index in [0.29, 0.717) is 0 Å². The van der Waals surface area contributed by atoms with Crippen LogP contribution in [0.15, 0.2) is 109 Å². The van der Waals surface area contributed by atoms with Crippen molar-refractivity contribution < 1.29 is 0 Å². The molecule has 0 amide bonds. The molecule has 298 valence electrons. The zero-order valence-electron chi connectivity index (χ0n) is 37.8. The van der Waals surface area contributed by atoms with Gasteiger partial charge in [0.15, 0.2) is 0 Å². The molecule has 8 aromatic rings. The fourth-order valence-electron chi connectivity index (χ4n) is 12.6. The molecule has 0 radical (unpaired) electrons. The second-order valence-electron chi connectivity index (χ2n) is 22.4. The monoisotopic (exact) mass is 772 g/mol. The van der Waals surface area contributed by atoms with Gasteiger partial charge in [-0.25, -0.2) is 0 Å². The summed E-state index contributed by atoms with van der Waals surface area (Å²) in [5.74, 6) is 0. The molecule has 2 aromatic heterocycles. The number of aromatic nitrogens is 2. The molecule has 0 bridgehead atoms. The van der Waals surface area contributed by atoms with Crippen molar-refractivity contribution in [2.45, 2.75) is 124 Å². The maximum Gasteiger partial charge on any atom is 0.0544 e. The smallest absolute Gasteiger partial charge is 0.0544 e. The summed E-state index contributed by atoms with van der Waals surface area (Å²) in [5.41, 5.74) is 19.1. The molecule has 0 N–H and O–H groups in total. The van der Waals surface area contributed by atoms with Gasteiger partial charge in [0.05, 0.1) is 22.1 Å². The standard InChI is InChI=1S/C57H60N2/c1-51(2)41-23-19-18-22-35(41)36-27-38-40-29-44-46(55(9,10)57(13,14)53(44,5)6)32-50(40)59(48(38)30-42(36)51)34-24-25-47-37(26-34)39-28-43-45(54(7,8)56(11,12)52(43,3)4)31-49(39)58(47)33-20-16-15-17-21-33/h15-32H,1-14H3. The van der Waals surface area contributed by atoms with Gasteiger partial charge >= 0.3 is 0 Å². The normalized spacial score (nSPS) is 20.6. The first kappa shape index (κ1) is 37.0. The highest BCUT2D eigenvalue weighted by molar-refractivity contribution is 6.14. The fraction of sp³-hybridized carbons (Fsp3) is 0.368. The van der Waals surface area contributed by atoms with E-state index in [4.69, 9.17) is 0 Å². The van der Waals surface area contributed by atoms with E-state index >= 15 is 0 Å². The molecule has 2 nitrogen and oxygen atoms in total. The van der Waals surface area contributed by atoms with Crippen molar-refractivity contribution in [1.82, 2.24) is 9.13 Å². The second kappa shape index (κ2) is 10.8. The largest absolute Gasteiger partial charge is 0.309 e. The molecule has 0 unspecified atom stereocenters. The number of fused-ring (bicyclic) bond motifs is 11. The van der Waals surface area contributed by atoms with Crippen LogP contribution in [0.3, 0.4) is 0 Å². The van der Waals surface area contributed by atoms with Crippen LogP contribution in [0.2, 0.25) is 0 Å². The van der Waals surface area contributed by atoms with Crippen LogP contribution in [0.25, 0.3) is 66.1 Å². The lowest BCUT2D eigenvalue weighted by Crippen LogP contribution is -2.42. The van der Waals surface area contributed by atoms with Crippen LogP contribution in [0.4, 0.5) is 0 Å². The third-order valence-corrected chi connectivity index (χ3v) is 18.7. The number of para-hydroxylation sites is 1. The maximum atomic E-state index is 2.62. The second-order valence-corrected chi connectivity index (χ2v) is 22.4. The van der Waals surface area contributed by atoms with Crippen LogP contribution >= 0.6 is 0 Å². The van der Waals surface area contributed by atoms with Gasteiger partial charge in [-0.05, 0) is 144 Å². The molecule has 0 saturated heterocycles. The molecule has 59 heavy (non-hydrogen) atoms. The summed E-state index contributed by atoms with van der Waals surface area (Å²) < 4.78 is 5.13. The Hall–Kier alpha value is -5.08. The van der Waals surface area contributed by atoms with Crippen LogP contribution in [-0.4, -0.2) is 9.13 Å². The predicted octanol–water partition coefficient (Wildman–Crippen LogP) is 15.4. The van der Waals surface area contributed by atoms with Crippen molar-refractivity contribution in [2.24, 2.45) is 10.8 Å². The van der Waals surface area contributed by atoms with E-state index in [2.05, 4.69) is 215 Å². The topological polar surface area (TPSA) is 9.86 Å². The lowest BCUT2D eigenvalue weighted by Gasteiger charge is -2.44. The van der Waals surface area contributed by atoms with Crippen molar-refractivity contribution in [2.75, 3.05) is 0 Å². The molecule has 0 aliphatic heterocycles. The van der Waals surface area contributed by atoms with Gasteiger partial charge in [-0.2, -0.15) is 0 Å². The summed E-state index contributed by atoms with van der Waals surface area (Å²) in [4.78, 5) is 0. The average Bonchev–Trinajstić information content (AvgIpc) is 3.82. The first-order chi connectivity index (χ1) is 27.6. The summed E-state index contributed by atoms with van der Waals surface area (Å²) in [6.07, 6.45) is 0. The van der Waals surface area contributed by atoms with Crippen LogP contribution in [0.5, 0.6) is 0 Å². The number of nitrogens with zero attached hydrogens (tertiary/aromatic N) is 2. The van der Waals surface area contributed by atoms with Crippen LogP contribution < -0.4 is 0 Å². The summed E-state index contributed by atoms with van der Waals surface area (Å²) in [6, 6.07) is 42.8. The number of hydrogen-bond acceptors (Lipinski definition) is 0. The van der Waals surface area contributed by atoms with Gasteiger partial charge in [0.1, 0.15) is 0 Å². The molecule has 2 heterocycles. The summed E-state index contributed by atoms with van der Waals surface area (Å²) >= 11 is 0. The Morgan fingerprint density at radius 3 is 1.27 bits per heavy atom. The Labute approximate surface area is 351 Å². The van der Waals surface area contributed by atoms with Crippen LogP contribution in [0, 0.1) is 10.8 Å². The summed E-state index contributed by atoms with van der Waals surface area (Å²) in [7, 11) is 0. The van der Waals surface area contributed by atoms with Crippen LogP contribution in [-0.2, 0) is 27.1 Å². The van der Waals surface area contributed by atoms with Gasteiger partial charge in [0.25, 0.3) is 0 Å². The van der Waals surface area contributed by atoms with E-state index in [9.17, 15) is 0 Å². The lowest BCUT2D eigenvalue weighted by atomic mass is 9.59. The first-order valence-corrected chi connectivity index (χ1v) is 22.0. The van der Waals surface area contributed by atoms with E-state index in [1.54, 1.807) is 0 Å². The molecule has 3 aliphatic rings.